The van der Waals surface area contributed by atoms with Gasteiger partial charge in [0, 0.05) is 0 Å². The van der Waals surface area contributed by atoms with Gasteiger partial charge < -0.3 is 4.18 Å². The Morgan fingerprint density at radius 3 is 2.32 bits per heavy atom. The minimum absolute atomic E-state index is 0.0128. The summed E-state index contributed by atoms with van der Waals surface area (Å²) in [7, 11) is -4.02. The van der Waals surface area contributed by atoms with E-state index in [1.807, 2.05) is 6.92 Å². The van der Waals surface area contributed by atoms with Crippen molar-refractivity contribution in [1.29, 1.82) is 0 Å². The molecular formula is C14H13FO3S. The zero-order valence-electron chi connectivity index (χ0n) is 10.6. The van der Waals surface area contributed by atoms with E-state index in [9.17, 15) is 12.8 Å². The summed E-state index contributed by atoms with van der Waals surface area (Å²) in [5.41, 5.74) is 1.81. The van der Waals surface area contributed by atoms with Gasteiger partial charge in [0.15, 0.2) is 11.6 Å². The van der Waals surface area contributed by atoms with E-state index in [0.29, 0.717) is 0 Å². The Hall–Kier alpha value is -1.88. The maximum absolute atomic E-state index is 13.4. The van der Waals surface area contributed by atoms with Crippen LogP contribution in [0.25, 0.3) is 0 Å². The maximum atomic E-state index is 13.4. The largest absolute Gasteiger partial charge is 0.376 e. The predicted molar refractivity (Wildman–Crippen MR) is 70.1 cm³/mol. The molecule has 2 rings (SSSR count). The van der Waals surface area contributed by atoms with E-state index >= 15 is 0 Å². The summed E-state index contributed by atoms with van der Waals surface area (Å²) in [6.07, 6.45) is 0. The first kappa shape index (κ1) is 13.5. The van der Waals surface area contributed by atoms with Gasteiger partial charge in [-0.25, -0.2) is 4.39 Å². The minimum Gasteiger partial charge on any atom is -0.376 e. The standard InChI is InChI=1S/C14H13FO3S/c1-10-7-8-12(9-11(10)2)19(16,17)18-14-6-4-3-5-13(14)15/h3-9H,1-2H3. The lowest BCUT2D eigenvalue weighted by Gasteiger charge is -2.09. The fraction of sp³-hybridized carbons (Fsp3) is 0.143. The van der Waals surface area contributed by atoms with Crippen molar-refractivity contribution in [1.82, 2.24) is 0 Å². The molecule has 0 aliphatic heterocycles. The molecule has 0 fully saturated rings. The van der Waals surface area contributed by atoms with Crippen LogP contribution < -0.4 is 4.18 Å². The molecule has 19 heavy (non-hydrogen) atoms. The molecule has 0 N–H and O–H groups in total. The molecule has 0 bridgehead atoms. The van der Waals surface area contributed by atoms with Crippen molar-refractivity contribution < 1.29 is 17.0 Å². The molecule has 2 aromatic carbocycles. The van der Waals surface area contributed by atoms with Crippen molar-refractivity contribution >= 4 is 10.1 Å². The predicted octanol–water partition coefficient (Wildman–Crippen LogP) is 3.21. The highest BCUT2D eigenvalue weighted by Crippen LogP contribution is 2.22. The highest BCUT2D eigenvalue weighted by atomic mass is 32.2. The normalized spacial score (nSPS) is 11.3. The molecule has 0 aliphatic carbocycles. The Kier molecular flexibility index (Phi) is 3.57. The Morgan fingerprint density at radius 2 is 1.68 bits per heavy atom. The summed E-state index contributed by atoms with van der Waals surface area (Å²) in [5.74, 6) is -1.02. The van der Waals surface area contributed by atoms with E-state index in [0.717, 1.165) is 17.2 Å². The van der Waals surface area contributed by atoms with Gasteiger partial charge in [0.1, 0.15) is 4.90 Å². The number of hydrogen-bond donors (Lipinski definition) is 0. The lowest BCUT2D eigenvalue weighted by Crippen LogP contribution is -2.11. The number of aryl methyl sites for hydroxylation is 2. The van der Waals surface area contributed by atoms with E-state index in [-0.39, 0.29) is 10.6 Å². The summed E-state index contributed by atoms with van der Waals surface area (Å²) in [4.78, 5) is 0.0128. The zero-order chi connectivity index (χ0) is 14.0. The fourth-order valence-corrected chi connectivity index (χ4v) is 2.57. The molecule has 0 radical (unpaired) electrons. The third-order valence-electron chi connectivity index (χ3n) is 2.80. The smallest absolute Gasteiger partial charge is 0.339 e. The minimum atomic E-state index is -4.02. The van der Waals surface area contributed by atoms with E-state index < -0.39 is 15.9 Å². The van der Waals surface area contributed by atoms with E-state index in [1.54, 1.807) is 13.0 Å². The summed E-state index contributed by atoms with van der Waals surface area (Å²) in [6, 6.07) is 10.0. The van der Waals surface area contributed by atoms with Crippen molar-refractivity contribution in [2.45, 2.75) is 18.7 Å². The molecule has 0 heterocycles. The molecule has 0 aliphatic rings. The Labute approximate surface area is 111 Å². The van der Waals surface area contributed by atoms with Gasteiger partial charge in [-0.2, -0.15) is 8.42 Å². The number of hydrogen-bond acceptors (Lipinski definition) is 3. The summed E-state index contributed by atoms with van der Waals surface area (Å²) < 4.78 is 42.3. The van der Waals surface area contributed by atoms with E-state index in [2.05, 4.69) is 0 Å². The topological polar surface area (TPSA) is 43.4 Å². The van der Waals surface area contributed by atoms with Gasteiger partial charge in [0.05, 0.1) is 0 Å². The molecule has 5 heteroatoms. The molecule has 0 saturated heterocycles. The van der Waals surface area contributed by atoms with Crippen molar-refractivity contribution in [3.63, 3.8) is 0 Å². The molecule has 0 saturated carbocycles. The average molecular weight is 280 g/mol. The third-order valence-corrected chi connectivity index (χ3v) is 4.03. The first-order valence-corrected chi connectivity index (χ1v) is 7.07. The van der Waals surface area contributed by atoms with Crippen LogP contribution >= 0.6 is 0 Å². The Balaban J connectivity index is 2.38. The van der Waals surface area contributed by atoms with Crippen molar-refractivity contribution in [2.24, 2.45) is 0 Å². The van der Waals surface area contributed by atoms with Crippen LogP contribution in [0.1, 0.15) is 11.1 Å². The van der Waals surface area contributed by atoms with E-state index in [4.69, 9.17) is 4.18 Å². The number of para-hydroxylation sites is 1. The second-order valence-electron chi connectivity index (χ2n) is 4.21. The molecule has 3 nitrogen and oxygen atoms in total. The quantitative estimate of drug-likeness (QED) is 0.811. The molecule has 0 unspecified atom stereocenters. The summed E-state index contributed by atoms with van der Waals surface area (Å²) in [5, 5.41) is 0. The molecule has 2 aromatic rings. The Morgan fingerprint density at radius 1 is 1.00 bits per heavy atom. The molecule has 100 valence electrons. The van der Waals surface area contributed by atoms with Gasteiger partial charge in [0.25, 0.3) is 0 Å². The lowest BCUT2D eigenvalue weighted by atomic mass is 10.1. The molecule has 0 amide bonds. The SMILES string of the molecule is Cc1ccc(S(=O)(=O)Oc2ccccc2F)cc1C. The molecular weight excluding hydrogens is 267 g/mol. The van der Waals surface area contributed by atoms with E-state index in [1.165, 1.54) is 30.3 Å². The highest BCUT2D eigenvalue weighted by Gasteiger charge is 2.18. The summed E-state index contributed by atoms with van der Waals surface area (Å²) in [6.45, 7) is 3.68. The Bertz CT molecular complexity index is 708. The van der Waals surface area contributed by atoms with Crippen LogP contribution in [0.3, 0.4) is 0 Å². The first-order valence-electron chi connectivity index (χ1n) is 5.66. The number of benzene rings is 2. The first-order chi connectivity index (χ1) is 8.90. The van der Waals surface area contributed by atoms with Crippen LogP contribution in [-0.2, 0) is 10.1 Å². The van der Waals surface area contributed by atoms with Gasteiger partial charge in [0.2, 0.25) is 0 Å². The van der Waals surface area contributed by atoms with Crippen LogP contribution in [0.4, 0.5) is 4.39 Å². The van der Waals surface area contributed by atoms with Gasteiger partial charge in [-0.1, -0.05) is 18.2 Å². The van der Waals surface area contributed by atoms with Crippen molar-refractivity contribution in [3.8, 4) is 5.75 Å². The second kappa shape index (κ2) is 5.01. The van der Waals surface area contributed by atoms with Gasteiger partial charge in [-0.3, -0.25) is 0 Å². The molecule has 0 aromatic heterocycles. The van der Waals surface area contributed by atoms with Crippen molar-refractivity contribution in [3.05, 3.63) is 59.4 Å². The van der Waals surface area contributed by atoms with Crippen LogP contribution in [-0.4, -0.2) is 8.42 Å². The number of rotatable bonds is 3. The molecule has 0 spiro atoms. The van der Waals surface area contributed by atoms with Crippen LogP contribution in [0.5, 0.6) is 5.75 Å². The van der Waals surface area contributed by atoms with Crippen LogP contribution in [0.15, 0.2) is 47.4 Å². The highest BCUT2D eigenvalue weighted by molar-refractivity contribution is 7.87. The van der Waals surface area contributed by atoms with Crippen molar-refractivity contribution in [2.75, 3.05) is 0 Å². The van der Waals surface area contributed by atoms with Gasteiger partial charge in [-0.05, 0) is 49.2 Å². The average Bonchev–Trinajstić information content (AvgIpc) is 2.35. The fourth-order valence-electron chi connectivity index (χ4n) is 1.55. The third kappa shape index (κ3) is 2.93. The van der Waals surface area contributed by atoms with Crippen LogP contribution in [0.2, 0.25) is 0 Å². The maximum Gasteiger partial charge on any atom is 0.339 e. The number of halogens is 1. The summed E-state index contributed by atoms with van der Waals surface area (Å²) >= 11 is 0. The van der Waals surface area contributed by atoms with Gasteiger partial charge >= 0.3 is 10.1 Å². The second-order valence-corrected chi connectivity index (χ2v) is 5.76. The van der Waals surface area contributed by atoms with Crippen LogP contribution in [0, 0.1) is 19.7 Å². The monoisotopic (exact) mass is 280 g/mol. The zero-order valence-corrected chi connectivity index (χ0v) is 11.4. The van der Waals surface area contributed by atoms with Gasteiger partial charge in [-0.15, -0.1) is 0 Å². The lowest BCUT2D eigenvalue weighted by molar-refractivity contribution is 0.461. The molecule has 0 atom stereocenters.